The Labute approximate surface area is 157 Å². The van der Waals surface area contributed by atoms with Crippen molar-refractivity contribution >= 4 is 28.5 Å². The van der Waals surface area contributed by atoms with Crippen LogP contribution in [0, 0.1) is 5.92 Å². The highest BCUT2D eigenvalue weighted by Gasteiger charge is 2.11. The lowest BCUT2D eigenvalue weighted by molar-refractivity contribution is 0.0601. The number of esters is 1. The van der Waals surface area contributed by atoms with Crippen molar-refractivity contribution in [2.75, 3.05) is 13.7 Å². The third-order valence-electron chi connectivity index (χ3n) is 3.98. The summed E-state index contributed by atoms with van der Waals surface area (Å²) in [5, 5.41) is 5.96. The van der Waals surface area contributed by atoms with Crippen molar-refractivity contribution < 1.29 is 14.3 Å². The number of nitrogens with zero attached hydrogens (tertiary/aromatic N) is 2. The van der Waals surface area contributed by atoms with Crippen LogP contribution in [-0.4, -0.2) is 29.5 Å². The van der Waals surface area contributed by atoms with Gasteiger partial charge < -0.3 is 9.47 Å². The lowest BCUT2D eigenvalue weighted by Crippen LogP contribution is -2.06. The summed E-state index contributed by atoms with van der Waals surface area (Å²) in [5.41, 5.74) is 2.35. The predicted octanol–water partition coefficient (Wildman–Crippen LogP) is 4.56. The normalized spacial score (nSPS) is 11.1. The first-order valence-corrected chi connectivity index (χ1v) is 8.81. The quantitative estimate of drug-likeness (QED) is 0.595. The summed E-state index contributed by atoms with van der Waals surface area (Å²) in [7, 11) is 1.37. The number of methoxy groups -OCH3 is 1. The Hall–Kier alpha value is -2.53. The number of benzene rings is 2. The van der Waals surface area contributed by atoms with Crippen LogP contribution in [0.2, 0.25) is 5.02 Å². The van der Waals surface area contributed by atoms with Gasteiger partial charge >= 0.3 is 5.97 Å². The van der Waals surface area contributed by atoms with Gasteiger partial charge in [0.25, 0.3) is 0 Å². The summed E-state index contributed by atoms with van der Waals surface area (Å²) < 4.78 is 12.4. The number of carbonyl (C=O) groups excluding carboxylic acids is 1. The zero-order chi connectivity index (χ0) is 18.7. The molecule has 0 amide bonds. The molecule has 2 aromatic carbocycles. The molecule has 26 heavy (non-hydrogen) atoms. The van der Waals surface area contributed by atoms with Crippen LogP contribution in [0.3, 0.4) is 0 Å². The average molecular weight is 373 g/mol. The van der Waals surface area contributed by atoms with Crippen molar-refractivity contribution in [2.45, 2.75) is 20.4 Å². The molecule has 1 aromatic heterocycles. The molecule has 0 spiro atoms. The van der Waals surface area contributed by atoms with E-state index in [1.54, 1.807) is 18.3 Å². The van der Waals surface area contributed by atoms with E-state index in [0.29, 0.717) is 29.7 Å². The van der Waals surface area contributed by atoms with Crippen molar-refractivity contribution in [3.05, 3.63) is 58.7 Å². The van der Waals surface area contributed by atoms with Crippen LogP contribution in [0.25, 0.3) is 10.9 Å². The average Bonchev–Trinajstić information content (AvgIpc) is 3.03. The Morgan fingerprint density at radius 1 is 1.23 bits per heavy atom. The number of ether oxygens (including phenoxy) is 2. The van der Waals surface area contributed by atoms with Gasteiger partial charge in [0.15, 0.2) is 0 Å². The molecule has 0 bridgehead atoms. The molecular formula is C20H21ClN2O3. The first-order valence-electron chi connectivity index (χ1n) is 8.43. The van der Waals surface area contributed by atoms with E-state index in [9.17, 15) is 4.79 Å². The van der Waals surface area contributed by atoms with Gasteiger partial charge in [-0.1, -0.05) is 25.4 Å². The first kappa shape index (κ1) is 18.3. The minimum absolute atomic E-state index is 0.363. The molecule has 0 unspecified atom stereocenters. The van der Waals surface area contributed by atoms with Crippen LogP contribution in [-0.2, 0) is 11.3 Å². The molecule has 0 fully saturated rings. The largest absolute Gasteiger partial charge is 0.493 e. The van der Waals surface area contributed by atoms with E-state index in [4.69, 9.17) is 21.1 Å². The lowest BCUT2D eigenvalue weighted by Gasteiger charge is -2.12. The molecule has 3 rings (SSSR count). The van der Waals surface area contributed by atoms with Crippen LogP contribution in [0.1, 0.15) is 29.8 Å². The van der Waals surface area contributed by atoms with Gasteiger partial charge in [-0.2, -0.15) is 5.10 Å². The van der Waals surface area contributed by atoms with Crippen molar-refractivity contribution in [3.63, 3.8) is 0 Å². The van der Waals surface area contributed by atoms with E-state index in [1.165, 1.54) is 7.11 Å². The molecule has 0 aliphatic carbocycles. The molecule has 0 N–H and O–H groups in total. The number of carbonyl (C=O) groups is 1. The second kappa shape index (κ2) is 7.79. The third kappa shape index (κ3) is 3.99. The van der Waals surface area contributed by atoms with Gasteiger partial charge in [0, 0.05) is 10.4 Å². The highest BCUT2D eigenvalue weighted by atomic mass is 35.5. The first-order chi connectivity index (χ1) is 12.5. The standard InChI is InChI=1S/C20H21ClN2O3/c1-13(2)12-26-17-5-6-18(21)16(9-17)11-23-19-7-4-14(20(24)25-3)8-15(19)10-22-23/h4-10,13H,11-12H2,1-3H3. The van der Waals surface area contributed by atoms with Crippen LogP contribution in [0.4, 0.5) is 0 Å². The maximum absolute atomic E-state index is 11.7. The molecule has 0 aliphatic heterocycles. The van der Waals surface area contributed by atoms with E-state index in [-0.39, 0.29) is 5.97 Å². The fourth-order valence-electron chi connectivity index (χ4n) is 2.64. The van der Waals surface area contributed by atoms with E-state index in [2.05, 4.69) is 18.9 Å². The lowest BCUT2D eigenvalue weighted by atomic mass is 10.1. The fraction of sp³-hybridized carbons (Fsp3) is 0.300. The number of hydrogen-bond acceptors (Lipinski definition) is 4. The Balaban J connectivity index is 1.86. The maximum atomic E-state index is 11.7. The number of aromatic nitrogens is 2. The molecule has 6 heteroatoms. The van der Waals surface area contributed by atoms with Crippen LogP contribution in [0.5, 0.6) is 5.75 Å². The second-order valence-electron chi connectivity index (χ2n) is 6.53. The van der Waals surface area contributed by atoms with E-state index >= 15 is 0 Å². The van der Waals surface area contributed by atoms with Crippen molar-refractivity contribution in [3.8, 4) is 5.75 Å². The summed E-state index contributed by atoms with van der Waals surface area (Å²) >= 11 is 6.35. The van der Waals surface area contributed by atoms with Crippen LogP contribution in [0.15, 0.2) is 42.6 Å². The van der Waals surface area contributed by atoms with E-state index in [1.807, 2.05) is 28.9 Å². The SMILES string of the molecule is COC(=O)c1ccc2c(cnn2Cc2cc(OCC(C)C)ccc2Cl)c1. The molecule has 136 valence electrons. The number of rotatable bonds is 6. The van der Waals surface area contributed by atoms with Crippen LogP contribution < -0.4 is 4.74 Å². The minimum Gasteiger partial charge on any atom is -0.493 e. The summed E-state index contributed by atoms with van der Waals surface area (Å²) in [4.78, 5) is 11.7. The molecule has 1 heterocycles. The Bertz CT molecular complexity index is 934. The second-order valence-corrected chi connectivity index (χ2v) is 6.93. The zero-order valence-corrected chi connectivity index (χ0v) is 15.8. The molecule has 0 saturated heterocycles. The van der Waals surface area contributed by atoms with Crippen molar-refractivity contribution in [1.29, 1.82) is 0 Å². The predicted molar refractivity (Wildman–Crippen MR) is 102 cm³/mol. The minimum atomic E-state index is -0.363. The molecule has 0 radical (unpaired) electrons. The summed E-state index contributed by atoms with van der Waals surface area (Å²) in [5.74, 6) is 0.883. The van der Waals surface area contributed by atoms with Crippen molar-refractivity contribution in [2.24, 2.45) is 5.92 Å². The molecule has 0 atom stereocenters. The van der Waals surface area contributed by atoms with Gasteiger partial charge in [-0.3, -0.25) is 4.68 Å². The Kier molecular flexibility index (Phi) is 5.47. The smallest absolute Gasteiger partial charge is 0.337 e. The molecule has 0 aliphatic rings. The van der Waals surface area contributed by atoms with E-state index < -0.39 is 0 Å². The molecular weight excluding hydrogens is 352 g/mol. The van der Waals surface area contributed by atoms with Gasteiger partial charge in [-0.05, 0) is 47.9 Å². The van der Waals surface area contributed by atoms with Crippen molar-refractivity contribution in [1.82, 2.24) is 9.78 Å². The molecule has 0 saturated carbocycles. The van der Waals surface area contributed by atoms with Gasteiger partial charge in [0.2, 0.25) is 0 Å². The number of hydrogen-bond donors (Lipinski definition) is 0. The molecule has 5 nitrogen and oxygen atoms in total. The van der Waals surface area contributed by atoms with Gasteiger partial charge in [0.05, 0.1) is 37.5 Å². The Morgan fingerprint density at radius 2 is 2.04 bits per heavy atom. The number of halogens is 1. The van der Waals surface area contributed by atoms with Crippen LogP contribution >= 0.6 is 11.6 Å². The summed E-state index contributed by atoms with van der Waals surface area (Å²) in [6.07, 6.45) is 1.73. The monoisotopic (exact) mass is 372 g/mol. The molecule has 3 aromatic rings. The van der Waals surface area contributed by atoms with Gasteiger partial charge in [-0.25, -0.2) is 4.79 Å². The summed E-state index contributed by atoms with van der Waals surface area (Å²) in [6.45, 7) is 5.38. The van der Waals surface area contributed by atoms with Gasteiger partial charge in [0.1, 0.15) is 5.75 Å². The summed E-state index contributed by atoms with van der Waals surface area (Å²) in [6, 6.07) is 11.0. The maximum Gasteiger partial charge on any atom is 0.337 e. The van der Waals surface area contributed by atoms with E-state index in [0.717, 1.165) is 22.2 Å². The van der Waals surface area contributed by atoms with Gasteiger partial charge in [-0.15, -0.1) is 0 Å². The topological polar surface area (TPSA) is 53.3 Å². The highest BCUT2D eigenvalue weighted by Crippen LogP contribution is 2.25. The highest BCUT2D eigenvalue weighted by molar-refractivity contribution is 6.31. The Morgan fingerprint density at radius 3 is 2.77 bits per heavy atom. The fourth-order valence-corrected chi connectivity index (χ4v) is 2.82. The third-order valence-corrected chi connectivity index (χ3v) is 4.35. The zero-order valence-electron chi connectivity index (χ0n) is 15.0. The number of fused-ring (bicyclic) bond motifs is 1.